The van der Waals surface area contributed by atoms with Crippen molar-refractivity contribution in [1.82, 2.24) is 0 Å². The molecule has 0 fully saturated rings. The Labute approximate surface area is 136 Å². The van der Waals surface area contributed by atoms with Crippen LogP contribution in [-0.2, 0) is 6.61 Å². The number of carbonyl (C=O) groups excluding carboxylic acids is 1. The van der Waals surface area contributed by atoms with Gasteiger partial charge in [0, 0.05) is 11.3 Å². The van der Waals surface area contributed by atoms with Gasteiger partial charge in [-0.3, -0.25) is 4.79 Å². The molecule has 0 aromatic heterocycles. The molecule has 0 saturated heterocycles. The summed E-state index contributed by atoms with van der Waals surface area (Å²) >= 11 is 1.16. The number of nitrogens with one attached hydrogen (secondary N) is 1. The summed E-state index contributed by atoms with van der Waals surface area (Å²) in [4.78, 5) is 11.6. The second-order valence-electron chi connectivity index (χ2n) is 5.33. The highest BCUT2D eigenvalue weighted by Crippen LogP contribution is 2.24. The van der Waals surface area contributed by atoms with Crippen LogP contribution in [0.3, 0.4) is 0 Å². The van der Waals surface area contributed by atoms with E-state index in [2.05, 4.69) is 18.3 Å². The average molecular weight is 315 g/mol. The van der Waals surface area contributed by atoms with E-state index in [0.717, 1.165) is 39.9 Å². The maximum atomic E-state index is 11.6. The molecule has 0 heterocycles. The summed E-state index contributed by atoms with van der Waals surface area (Å²) in [5, 5.41) is 2.82. The van der Waals surface area contributed by atoms with Gasteiger partial charge in [-0.2, -0.15) is 0 Å². The highest BCUT2D eigenvalue weighted by atomic mass is 32.2. The van der Waals surface area contributed by atoms with Crippen molar-refractivity contribution in [3.8, 4) is 5.75 Å². The first kappa shape index (κ1) is 16.4. The lowest BCUT2D eigenvalue weighted by Gasteiger charge is -2.14. The fraction of sp³-hybridized carbons (Fsp3) is 0.278. The zero-order valence-corrected chi connectivity index (χ0v) is 14.2. The largest absolute Gasteiger partial charge is 0.489 e. The van der Waals surface area contributed by atoms with Crippen LogP contribution in [-0.4, -0.2) is 11.5 Å². The molecule has 0 saturated carbocycles. The highest BCUT2D eigenvalue weighted by molar-refractivity contribution is 8.13. The number of benzene rings is 2. The molecule has 0 aliphatic heterocycles. The molecule has 0 atom stereocenters. The van der Waals surface area contributed by atoms with E-state index < -0.39 is 0 Å². The molecule has 0 aliphatic carbocycles. The second-order valence-corrected chi connectivity index (χ2v) is 6.11. The lowest BCUT2D eigenvalue weighted by Crippen LogP contribution is -2.08. The highest BCUT2D eigenvalue weighted by Gasteiger charge is 2.08. The summed E-state index contributed by atoms with van der Waals surface area (Å²) in [5.41, 5.74) is 5.24. The van der Waals surface area contributed by atoms with Crippen molar-refractivity contribution in [1.29, 1.82) is 0 Å². The molecule has 2 aromatic carbocycles. The maximum Gasteiger partial charge on any atom is 0.283 e. The molecule has 0 aliphatic rings. The number of thioether (sulfide) groups is 1. The number of amides is 1. The summed E-state index contributed by atoms with van der Waals surface area (Å²) in [6, 6.07) is 12.1. The van der Waals surface area contributed by atoms with E-state index in [1.807, 2.05) is 44.2 Å². The molecule has 2 rings (SSSR count). The minimum Gasteiger partial charge on any atom is -0.489 e. The molecule has 3 nitrogen and oxygen atoms in total. The normalized spacial score (nSPS) is 10.4. The number of hydrogen-bond acceptors (Lipinski definition) is 3. The fourth-order valence-electron chi connectivity index (χ4n) is 2.24. The van der Waals surface area contributed by atoms with Gasteiger partial charge in [0.15, 0.2) is 0 Å². The lowest BCUT2D eigenvalue weighted by atomic mass is 10.1. The number of aryl methyl sites for hydroxylation is 3. The summed E-state index contributed by atoms with van der Waals surface area (Å²) < 4.78 is 5.93. The number of rotatable bonds is 4. The Morgan fingerprint density at radius 1 is 1.09 bits per heavy atom. The molecular formula is C18H21NO2S. The van der Waals surface area contributed by atoms with Crippen LogP contribution in [0.5, 0.6) is 5.75 Å². The fourth-order valence-corrected chi connectivity index (χ4v) is 2.45. The molecule has 4 heteroatoms. The third-order valence-corrected chi connectivity index (χ3v) is 3.87. The SMILES string of the molecule is CSC(=O)Nc1ccc(C)cc1COc1ccc(C)cc1C. The van der Waals surface area contributed by atoms with Crippen LogP contribution in [0.4, 0.5) is 10.5 Å². The molecule has 0 radical (unpaired) electrons. The summed E-state index contributed by atoms with van der Waals surface area (Å²) in [5.74, 6) is 0.870. The maximum absolute atomic E-state index is 11.6. The Bertz CT molecular complexity index is 683. The molecule has 22 heavy (non-hydrogen) atoms. The third kappa shape index (κ3) is 4.28. The number of anilines is 1. The third-order valence-electron chi connectivity index (χ3n) is 3.40. The van der Waals surface area contributed by atoms with E-state index >= 15 is 0 Å². The standard InChI is InChI=1S/C18H21NO2S/c1-12-6-8-17(14(3)9-12)21-11-15-10-13(2)5-7-16(15)19-18(20)22-4/h5-10H,11H2,1-4H3,(H,19,20). The minimum absolute atomic E-state index is 0.0726. The molecule has 116 valence electrons. The van der Waals surface area contributed by atoms with Crippen molar-refractivity contribution in [2.75, 3.05) is 11.6 Å². The molecule has 0 unspecified atom stereocenters. The minimum atomic E-state index is -0.0726. The van der Waals surface area contributed by atoms with Crippen LogP contribution in [0.25, 0.3) is 0 Å². The van der Waals surface area contributed by atoms with Crippen LogP contribution in [0.1, 0.15) is 22.3 Å². The van der Waals surface area contributed by atoms with Gasteiger partial charge >= 0.3 is 0 Å². The number of hydrogen-bond donors (Lipinski definition) is 1. The van der Waals surface area contributed by atoms with Gasteiger partial charge in [0.05, 0.1) is 0 Å². The van der Waals surface area contributed by atoms with Crippen LogP contribution in [0, 0.1) is 20.8 Å². The quantitative estimate of drug-likeness (QED) is 0.854. The first-order valence-electron chi connectivity index (χ1n) is 7.14. The molecule has 0 bridgehead atoms. The van der Waals surface area contributed by atoms with E-state index in [9.17, 15) is 4.79 Å². The zero-order chi connectivity index (χ0) is 16.1. The molecule has 2 aromatic rings. The predicted molar refractivity (Wildman–Crippen MR) is 94.0 cm³/mol. The Morgan fingerprint density at radius 2 is 1.77 bits per heavy atom. The smallest absolute Gasteiger partial charge is 0.283 e. The van der Waals surface area contributed by atoms with E-state index in [1.165, 1.54) is 5.56 Å². The van der Waals surface area contributed by atoms with Gasteiger partial charge in [0.2, 0.25) is 0 Å². The lowest BCUT2D eigenvalue weighted by molar-refractivity contribution is 0.269. The molecule has 0 spiro atoms. The van der Waals surface area contributed by atoms with Crippen molar-refractivity contribution in [2.24, 2.45) is 0 Å². The van der Waals surface area contributed by atoms with Gasteiger partial charge in [0.1, 0.15) is 12.4 Å². The van der Waals surface area contributed by atoms with E-state index in [1.54, 1.807) is 6.26 Å². The van der Waals surface area contributed by atoms with Gasteiger partial charge in [-0.1, -0.05) is 47.2 Å². The topological polar surface area (TPSA) is 38.3 Å². The second kappa shape index (κ2) is 7.36. The zero-order valence-electron chi connectivity index (χ0n) is 13.4. The number of carbonyl (C=O) groups is 1. The van der Waals surface area contributed by atoms with Crippen molar-refractivity contribution in [3.05, 3.63) is 58.7 Å². The van der Waals surface area contributed by atoms with Gasteiger partial charge in [-0.25, -0.2) is 0 Å². The van der Waals surface area contributed by atoms with Crippen LogP contribution in [0.2, 0.25) is 0 Å². The van der Waals surface area contributed by atoms with Gasteiger partial charge in [0.25, 0.3) is 5.24 Å². The first-order valence-corrected chi connectivity index (χ1v) is 8.36. The van der Waals surface area contributed by atoms with Crippen LogP contribution >= 0.6 is 11.8 Å². The number of ether oxygens (including phenoxy) is 1. The average Bonchev–Trinajstić information content (AvgIpc) is 2.48. The summed E-state index contributed by atoms with van der Waals surface area (Å²) in [7, 11) is 0. The summed E-state index contributed by atoms with van der Waals surface area (Å²) in [6.07, 6.45) is 1.76. The molecular weight excluding hydrogens is 294 g/mol. The van der Waals surface area contributed by atoms with Gasteiger partial charge < -0.3 is 10.1 Å². The van der Waals surface area contributed by atoms with Crippen molar-refractivity contribution < 1.29 is 9.53 Å². The Morgan fingerprint density at radius 3 is 2.45 bits per heavy atom. The van der Waals surface area contributed by atoms with E-state index in [-0.39, 0.29) is 5.24 Å². The van der Waals surface area contributed by atoms with Crippen molar-refractivity contribution in [3.63, 3.8) is 0 Å². The first-order chi connectivity index (χ1) is 10.5. The molecule has 1 amide bonds. The van der Waals surface area contributed by atoms with Gasteiger partial charge in [-0.15, -0.1) is 0 Å². The Hall–Kier alpha value is -1.94. The monoisotopic (exact) mass is 315 g/mol. The van der Waals surface area contributed by atoms with Crippen LogP contribution < -0.4 is 10.1 Å². The van der Waals surface area contributed by atoms with E-state index in [4.69, 9.17) is 4.74 Å². The molecule has 1 N–H and O–H groups in total. The van der Waals surface area contributed by atoms with E-state index in [0.29, 0.717) is 6.61 Å². The Kier molecular flexibility index (Phi) is 5.50. The van der Waals surface area contributed by atoms with Crippen molar-refractivity contribution in [2.45, 2.75) is 27.4 Å². The van der Waals surface area contributed by atoms with Gasteiger partial charge in [-0.05, 0) is 44.7 Å². The predicted octanol–water partition coefficient (Wildman–Crippen LogP) is 5.09. The Balaban J connectivity index is 2.17. The van der Waals surface area contributed by atoms with Crippen LogP contribution in [0.15, 0.2) is 36.4 Å². The van der Waals surface area contributed by atoms with Crippen molar-refractivity contribution >= 4 is 22.7 Å². The summed E-state index contributed by atoms with van der Waals surface area (Å²) in [6.45, 7) is 6.55.